The number of pyridine rings is 1. The number of carbonyl (C=O) groups is 1. The maximum absolute atomic E-state index is 11.6. The average molecular weight is 284 g/mol. The normalized spacial score (nSPS) is 11.8. The highest BCUT2D eigenvalue weighted by molar-refractivity contribution is 5.85. The molecule has 1 amide bonds. The summed E-state index contributed by atoms with van der Waals surface area (Å²) >= 11 is 0. The van der Waals surface area contributed by atoms with E-state index in [9.17, 15) is 4.79 Å². The minimum atomic E-state index is -0.569. The van der Waals surface area contributed by atoms with Gasteiger partial charge in [-0.25, -0.2) is 0 Å². The average Bonchev–Trinajstić information content (AvgIpc) is 2.50. The first-order valence-corrected chi connectivity index (χ1v) is 6.60. The van der Waals surface area contributed by atoms with E-state index < -0.39 is 11.9 Å². The number of carbonyl (C=O) groups excluding carboxylic acids is 1. The number of fused-ring (bicyclic) bond motifs is 1. The van der Waals surface area contributed by atoms with E-state index in [2.05, 4.69) is 20.3 Å². The third kappa shape index (κ3) is 3.92. The van der Waals surface area contributed by atoms with Gasteiger partial charge in [0.2, 0.25) is 5.91 Å². The molecule has 1 heterocycles. The number of benzene rings is 1. The van der Waals surface area contributed by atoms with E-state index in [-0.39, 0.29) is 0 Å². The van der Waals surface area contributed by atoms with Crippen LogP contribution in [0.25, 0.3) is 21.3 Å². The Morgan fingerprint density at radius 1 is 1.48 bits per heavy atom. The van der Waals surface area contributed by atoms with Gasteiger partial charge in [0.25, 0.3) is 0 Å². The highest BCUT2D eigenvalue weighted by atomic mass is 16.1. The lowest BCUT2D eigenvalue weighted by Crippen LogP contribution is -2.34. The summed E-state index contributed by atoms with van der Waals surface area (Å²) in [5, 5.41) is 7.48. The topological polar surface area (TPSA) is 117 Å². The van der Waals surface area contributed by atoms with Gasteiger partial charge in [0, 0.05) is 23.0 Å². The number of nitrogens with two attached hydrogens (primary N) is 1. The maximum atomic E-state index is 11.6. The van der Waals surface area contributed by atoms with Gasteiger partial charge in [0.1, 0.15) is 6.04 Å². The fraction of sp³-hybridized carbons (Fsp3) is 0.286. The Morgan fingerprint density at radius 2 is 2.33 bits per heavy atom. The van der Waals surface area contributed by atoms with Gasteiger partial charge in [-0.2, -0.15) is 0 Å². The molecular formula is C14H16N6O. The third-order valence-electron chi connectivity index (χ3n) is 3.09. The first kappa shape index (κ1) is 14.8. The Kier molecular flexibility index (Phi) is 5.09. The van der Waals surface area contributed by atoms with Gasteiger partial charge in [-0.1, -0.05) is 17.2 Å². The Morgan fingerprint density at radius 3 is 3.10 bits per heavy atom. The van der Waals surface area contributed by atoms with Crippen LogP contribution in [0.1, 0.15) is 18.0 Å². The molecule has 0 aliphatic heterocycles. The molecule has 0 aliphatic carbocycles. The predicted molar refractivity (Wildman–Crippen MR) is 80.3 cm³/mol. The number of amides is 1. The lowest BCUT2D eigenvalue weighted by atomic mass is 10.0. The molecule has 1 atom stereocenters. The summed E-state index contributed by atoms with van der Waals surface area (Å²) in [5.41, 5.74) is 15.3. The standard InChI is InChI=1S/C14H16N6O/c15-14(21)13(18-7-2-8-19-20-16)11-4-5-12-10(9-11)3-1-6-17-12/h1,3-6,9,13,18H,2,7-8H2,(H2,15,21). The van der Waals surface area contributed by atoms with Crippen molar-refractivity contribution < 1.29 is 4.79 Å². The summed E-state index contributed by atoms with van der Waals surface area (Å²) in [5.74, 6) is -0.443. The van der Waals surface area contributed by atoms with Gasteiger partial charge in [0.15, 0.2) is 0 Å². The molecular weight excluding hydrogens is 268 g/mol. The molecule has 0 bridgehead atoms. The molecule has 3 N–H and O–H groups in total. The fourth-order valence-electron chi connectivity index (χ4n) is 2.10. The molecule has 21 heavy (non-hydrogen) atoms. The summed E-state index contributed by atoms with van der Waals surface area (Å²) in [4.78, 5) is 18.5. The summed E-state index contributed by atoms with van der Waals surface area (Å²) < 4.78 is 0. The second-order valence-corrected chi connectivity index (χ2v) is 4.55. The van der Waals surface area contributed by atoms with Crippen molar-refractivity contribution in [3.8, 4) is 0 Å². The number of nitrogens with zero attached hydrogens (tertiary/aromatic N) is 4. The van der Waals surface area contributed by atoms with Crippen molar-refractivity contribution in [3.05, 3.63) is 52.5 Å². The molecule has 1 unspecified atom stereocenters. The molecule has 0 fully saturated rings. The number of hydrogen-bond acceptors (Lipinski definition) is 4. The zero-order chi connectivity index (χ0) is 15.1. The first-order valence-electron chi connectivity index (χ1n) is 6.60. The zero-order valence-corrected chi connectivity index (χ0v) is 11.4. The quantitative estimate of drug-likeness (QED) is 0.350. The Balaban J connectivity index is 2.12. The summed E-state index contributed by atoms with van der Waals surface area (Å²) in [6.07, 6.45) is 2.37. The van der Waals surface area contributed by atoms with Crippen LogP contribution >= 0.6 is 0 Å². The molecule has 7 heteroatoms. The largest absolute Gasteiger partial charge is 0.368 e. The van der Waals surface area contributed by atoms with Crippen LogP contribution in [-0.4, -0.2) is 24.0 Å². The van der Waals surface area contributed by atoms with Crippen LogP contribution in [0.3, 0.4) is 0 Å². The van der Waals surface area contributed by atoms with Crippen LogP contribution in [0.5, 0.6) is 0 Å². The van der Waals surface area contributed by atoms with Crippen LogP contribution < -0.4 is 11.1 Å². The minimum Gasteiger partial charge on any atom is -0.368 e. The SMILES string of the molecule is [N-]=[N+]=NCCCNC(C(N)=O)c1ccc2ncccc2c1. The number of hydrogen-bond donors (Lipinski definition) is 2. The molecule has 1 aromatic heterocycles. The number of azide groups is 1. The molecule has 2 aromatic rings. The van der Waals surface area contributed by atoms with Crippen molar-refractivity contribution in [2.24, 2.45) is 10.8 Å². The van der Waals surface area contributed by atoms with Gasteiger partial charge in [0.05, 0.1) is 5.52 Å². The van der Waals surface area contributed by atoms with E-state index in [1.54, 1.807) is 6.20 Å². The second kappa shape index (κ2) is 7.23. The number of primary amides is 1. The van der Waals surface area contributed by atoms with Gasteiger partial charge in [-0.05, 0) is 42.3 Å². The lowest BCUT2D eigenvalue weighted by Gasteiger charge is -2.16. The number of rotatable bonds is 7. The smallest absolute Gasteiger partial charge is 0.239 e. The molecule has 7 nitrogen and oxygen atoms in total. The van der Waals surface area contributed by atoms with E-state index >= 15 is 0 Å². The van der Waals surface area contributed by atoms with Crippen LogP contribution in [-0.2, 0) is 4.79 Å². The van der Waals surface area contributed by atoms with Gasteiger partial charge < -0.3 is 11.1 Å². The Labute approximate surface area is 121 Å². The summed E-state index contributed by atoms with van der Waals surface area (Å²) in [7, 11) is 0. The fourth-order valence-corrected chi connectivity index (χ4v) is 2.10. The van der Waals surface area contributed by atoms with Crippen molar-refractivity contribution in [2.45, 2.75) is 12.5 Å². The molecule has 0 saturated carbocycles. The van der Waals surface area contributed by atoms with E-state index in [4.69, 9.17) is 11.3 Å². The highest BCUT2D eigenvalue weighted by Gasteiger charge is 2.17. The zero-order valence-electron chi connectivity index (χ0n) is 11.4. The first-order chi connectivity index (χ1) is 10.2. The van der Waals surface area contributed by atoms with Crippen molar-refractivity contribution in [1.29, 1.82) is 0 Å². The van der Waals surface area contributed by atoms with Crippen molar-refractivity contribution in [3.63, 3.8) is 0 Å². The van der Waals surface area contributed by atoms with Gasteiger partial charge in [-0.3, -0.25) is 9.78 Å². The predicted octanol–water partition coefficient (Wildman–Crippen LogP) is 2.05. The van der Waals surface area contributed by atoms with Crippen LogP contribution in [0.2, 0.25) is 0 Å². The van der Waals surface area contributed by atoms with E-state index in [1.807, 2.05) is 30.3 Å². The second-order valence-electron chi connectivity index (χ2n) is 4.55. The number of aromatic nitrogens is 1. The molecule has 108 valence electrons. The molecule has 0 spiro atoms. The monoisotopic (exact) mass is 284 g/mol. The Bertz CT molecular complexity index is 680. The maximum Gasteiger partial charge on any atom is 0.239 e. The Hall–Kier alpha value is -2.63. The van der Waals surface area contributed by atoms with Crippen LogP contribution in [0, 0.1) is 0 Å². The van der Waals surface area contributed by atoms with E-state index in [0.29, 0.717) is 19.5 Å². The number of nitrogens with one attached hydrogen (secondary N) is 1. The van der Waals surface area contributed by atoms with Crippen molar-refractivity contribution in [1.82, 2.24) is 10.3 Å². The minimum absolute atomic E-state index is 0.386. The van der Waals surface area contributed by atoms with Crippen LogP contribution in [0.15, 0.2) is 41.6 Å². The lowest BCUT2D eigenvalue weighted by molar-refractivity contribution is -0.120. The van der Waals surface area contributed by atoms with Crippen LogP contribution in [0.4, 0.5) is 0 Å². The summed E-state index contributed by atoms with van der Waals surface area (Å²) in [6.45, 7) is 0.925. The van der Waals surface area contributed by atoms with Gasteiger partial charge in [-0.15, -0.1) is 0 Å². The van der Waals surface area contributed by atoms with Gasteiger partial charge >= 0.3 is 0 Å². The molecule has 2 rings (SSSR count). The van der Waals surface area contributed by atoms with Crippen molar-refractivity contribution >= 4 is 16.8 Å². The molecule has 0 saturated heterocycles. The summed E-state index contributed by atoms with van der Waals surface area (Å²) in [6, 6.07) is 8.82. The molecule has 0 radical (unpaired) electrons. The van der Waals surface area contributed by atoms with E-state index in [1.165, 1.54) is 0 Å². The third-order valence-corrected chi connectivity index (χ3v) is 3.09. The molecule has 1 aromatic carbocycles. The van der Waals surface area contributed by atoms with E-state index in [0.717, 1.165) is 16.5 Å². The molecule has 0 aliphatic rings. The highest BCUT2D eigenvalue weighted by Crippen LogP contribution is 2.19. The van der Waals surface area contributed by atoms with Crippen molar-refractivity contribution in [2.75, 3.05) is 13.1 Å².